The van der Waals surface area contributed by atoms with Gasteiger partial charge in [0, 0.05) is 60.3 Å². The molecule has 0 atom stereocenters. The summed E-state index contributed by atoms with van der Waals surface area (Å²) >= 11 is 3.80. The molecule has 8 aromatic rings. The Morgan fingerprint density at radius 3 is 2.35 bits per heavy atom. The van der Waals surface area contributed by atoms with Crippen LogP contribution in [0.3, 0.4) is 0 Å². The van der Waals surface area contributed by atoms with Gasteiger partial charge in [-0.15, -0.1) is 22.7 Å². The number of aromatic nitrogens is 3. The number of hydrogen-bond acceptors (Lipinski definition) is 4. The molecule has 0 aliphatic rings. The lowest BCUT2D eigenvalue weighted by molar-refractivity contribution is 1.27. The van der Waals surface area contributed by atoms with Crippen molar-refractivity contribution in [3.63, 3.8) is 0 Å². The first-order chi connectivity index (χ1) is 15.4. The maximum atomic E-state index is 4.81. The summed E-state index contributed by atoms with van der Waals surface area (Å²) in [6.07, 6.45) is 5.81. The molecule has 5 heterocycles. The maximum absolute atomic E-state index is 4.81. The van der Waals surface area contributed by atoms with E-state index < -0.39 is 0 Å². The minimum atomic E-state index is 0.961. The summed E-state index contributed by atoms with van der Waals surface area (Å²) in [5.74, 6) is 0. The topological polar surface area (TPSA) is 30.2 Å². The van der Waals surface area contributed by atoms with Crippen molar-refractivity contribution in [3.8, 4) is 0 Å². The lowest BCUT2D eigenvalue weighted by Crippen LogP contribution is -1.91. The number of rotatable bonds is 0. The summed E-state index contributed by atoms with van der Waals surface area (Å²) in [5.41, 5.74) is 3.15. The molecule has 0 saturated carbocycles. The number of benzene rings is 3. The molecule has 5 aromatic heterocycles. The zero-order valence-electron chi connectivity index (χ0n) is 16.2. The van der Waals surface area contributed by atoms with E-state index in [9.17, 15) is 0 Å². The number of imidazole rings is 1. The van der Waals surface area contributed by atoms with E-state index in [0.29, 0.717) is 0 Å². The minimum absolute atomic E-state index is 0.961. The minimum Gasteiger partial charge on any atom is -0.299 e. The third-order valence-electron chi connectivity index (χ3n) is 6.32. The van der Waals surface area contributed by atoms with Crippen molar-refractivity contribution in [2.75, 3.05) is 0 Å². The van der Waals surface area contributed by atoms with E-state index in [1.165, 1.54) is 45.7 Å². The van der Waals surface area contributed by atoms with Crippen molar-refractivity contribution in [2.24, 2.45) is 0 Å². The third kappa shape index (κ3) is 1.93. The highest BCUT2D eigenvalue weighted by Crippen LogP contribution is 2.46. The van der Waals surface area contributed by atoms with E-state index in [1.54, 1.807) is 0 Å². The Kier molecular flexibility index (Phi) is 2.91. The molecular formula is C26H13N3S2. The van der Waals surface area contributed by atoms with Crippen LogP contribution in [0, 0.1) is 0 Å². The molecule has 5 heteroatoms. The zero-order valence-corrected chi connectivity index (χ0v) is 17.8. The molecule has 3 aromatic carbocycles. The predicted molar refractivity (Wildman–Crippen MR) is 134 cm³/mol. The van der Waals surface area contributed by atoms with Crippen LogP contribution in [0.1, 0.15) is 0 Å². The zero-order chi connectivity index (χ0) is 20.1. The Hall–Kier alpha value is -3.54. The molecule has 0 spiro atoms. The van der Waals surface area contributed by atoms with Crippen LogP contribution in [-0.2, 0) is 0 Å². The second kappa shape index (κ2) is 5.58. The summed E-state index contributed by atoms with van der Waals surface area (Å²) in [7, 11) is 0. The normalized spacial score (nSPS) is 12.5. The van der Waals surface area contributed by atoms with Crippen molar-refractivity contribution < 1.29 is 0 Å². The van der Waals surface area contributed by atoms with Gasteiger partial charge >= 0.3 is 0 Å². The smallest absolute Gasteiger partial charge is 0.146 e. The second-order valence-corrected chi connectivity index (χ2v) is 9.95. The van der Waals surface area contributed by atoms with Gasteiger partial charge < -0.3 is 0 Å². The van der Waals surface area contributed by atoms with E-state index in [-0.39, 0.29) is 0 Å². The first-order valence-electron chi connectivity index (χ1n) is 10.2. The van der Waals surface area contributed by atoms with Crippen LogP contribution >= 0.6 is 22.7 Å². The van der Waals surface area contributed by atoms with Gasteiger partial charge in [-0.05, 0) is 24.3 Å². The van der Waals surface area contributed by atoms with Gasteiger partial charge in [0.1, 0.15) is 5.65 Å². The fourth-order valence-electron chi connectivity index (χ4n) is 4.98. The SMILES string of the molecule is c1ccc2c(c1)sc1c2ccc2c3ccc4c(c5ncccc5c5nccn45)c3sc21. The monoisotopic (exact) mass is 431 g/mol. The van der Waals surface area contributed by atoms with Crippen LogP contribution < -0.4 is 0 Å². The van der Waals surface area contributed by atoms with Gasteiger partial charge in [-0.25, -0.2) is 4.98 Å². The predicted octanol–water partition coefficient (Wildman–Crippen LogP) is 7.77. The van der Waals surface area contributed by atoms with Crippen molar-refractivity contribution in [1.82, 2.24) is 14.4 Å². The highest BCUT2D eigenvalue weighted by molar-refractivity contribution is 7.34. The molecule has 0 bridgehead atoms. The summed E-state index contributed by atoms with van der Waals surface area (Å²) in [4.78, 5) is 9.43. The lowest BCUT2D eigenvalue weighted by Gasteiger charge is -2.08. The summed E-state index contributed by atoms with van der Waals surface area (Å²) in [6.45, 7) is 0. The van der Waals surface area contributed by atoms with Crippen LogP contribution in [0.5, 0.6) is 0 Å². The Labute approximate surface area is 183 Å². The molecule has 0 unspecified atom stereocenters. The molecule has 0 N–H and O–H groups in total. The number of thiophene rings is 2. The Morgan fingerprint density at radius 1 is 0.613 bits per heavy atom. The Balaban J connectivity index is 1.66. The van der Waals surface area contributed by atoms with Gasteiger partial charge in [-0.2, -0.15) is 0 Å². The van der Waals surface area contributed by atoms with Gasteiger partial charge in [-0.1, -0.05) is 36.4 Å². The van der Waals surface area contributed by atoms with Gasteiger partial charge in [0.2, 0.25) is 0 Å². The van der Waals surface area contributed by atoms with Gasteiger partial charge in [0.05, 0.1) is 20.4 Å². The number of nitrogens with zero attached hydrogens (tertiary/aromatic N) is 3. The fraction of sp³-hybridized carbons (Fsp3) is 0. The van der Waals surface area contributed by atoms with Gasteiger partial charge in [0.25, 0.3) is 0 Å². The Bertz CT molecular complexity index is 2010. The second-order valence-electron chi connectivity index (χ2n) is 7.88. The average Bonchev–Trinajstić information content (AvgIpc) is 3.53. The summed E-state index contributed by atoms with van der Waals surface area (Å²) < 4.78 is 7.60. The van der Waals surface area contributed by atoms with E-state index in [0.717, 1.165) is 22.1 Å². The summed E-state index contributed by atoms with van der Waals surface area (Å²) in [6, 6.07) is 21.9. The Morgan fingerprint density at radius 2 is 1.39 bits per heavy atom. The van der Waals surface area contributed by atoms with Crippen LogP contribution in [-0.4, -0.2) is 14.4 Å². The molecule has 0 aliphatic carbocycles. The highest BCUT2D eigenvalue weighted by atomic mass is 32.1. The molecule has 144 valence electrons. The molecule has 0 aliphatic heterocycles. The van der Waals surface area contributed by atoms with Crippen LogP contribution in [0.4, 0.5) is 0 Å². The molecule has 0 radical (unpaired) electrons. The van der Waals surface area contributed by atoms with Crippen LogP contribution in [0.25, 0.3) is 67.8 Å². The molecule has 8 rings (SSSR count). The van der Waals surface area contributed by atoms with Crippen LogP contribution in [0.2, 0.25) is 0 Å². The van der Waals surface area contributed by atoms with Crippen molar-refractivity contribution in [1.29, 1.82) is 0 Å². The largest absolute Gasteiger partial charge is 0.299 e. The number of fused-ring (bicyclic) bond motifs is 14. The van der Waals surface area contributed by atoms with Crippen molar-refractivity contribution in [2.45, 2.75) is 0 Å². The molecule has 0 amide bonds. The van der Waals surface area contributed by atoms with Crippen molar-refractivity contribution >= 4 is 90.5 Å². The highest BCUT2D eigenvalue weighted by Gasteiger charge is 2.18. The molecular weight excluding hydrogens is 418 g/mol. The molecule has 0 fully saturated rings. The fourth-order valence-corrected chi connectivity index (χ4v) is 7.66. The first kappa shape index (κ1) is 16.2. The van der Waals surface area contributed by atoms with Gasteiger partial charge in [0.15, 0.2) is 0 Å². The standard InChI is InChI=1S/C26H13N3S2/c1-2-6-20-14(4-1)15-7-8-17-16-9-10-19-21(23(16)31-25(17)24(15)30-20)22-18(5-3-11-27-22)26-28-12-13-29(19)26/h1-13H. The molecule has 3 nitrogen and oxygen atoms in total. The van der Waals surface area contributed by atoms with E-state index in [4.69, 9.17) is 4.98 Å². The first-order valence-corrected chi connectivity index (χ1v) is 11.8. The summed E-state index contributed by atoms with van der Waals surface area (Å²) in [5, 5.41) is 7.64. The number of pyridine rings is 2. The maximum Gasteiger partial charge on any atom is 0.146 e. The van der Waals surface area contributed by atoms with Crippen LogP contribution in [0.15, 0.2) is 79.3 Å². The average molecular weight is 432 g/mol. The van der Waals surface area contributed by atoms with Gasteiger partial charge in [-0.3, -0.25) is 9.38 Å². The molecule has 0 saturated heterocycles. The lowest BCUT2D eigenvalue weighted by atomic mass is 10.1. The van der Waals surface area contributed by atoms with Crippen molar-refractivity contribution in [3.05, 3.63) is 79.3 Å². The van der Waals surface area contributed by atoms with E-state index >= 15 is 0 Å². The molecule has 31 heavy (non-hydrogen) atoms. The third-order valence-corrected chi connectivity index (χ3v) is 8.91. The number of hydrogen-bond donors (Lipinski definition) is 0. The van der Waals surface area contributed by atoms with E-state index in [2.05, 4.69) is 64.0 Å². The van der Waals surface area contributed by atoms with E-state index in [1.807, 2.05) is 47.3 Å². The quantitative estimate of drug-likeness (QED) is 0.230.